The molecule has 3 rings (SSSR count). The molecule has 1 aliphatic heterocycles. The van der Waals surface area contributed by atoms with E-state index in [9.17, 15) is 13.2 Å². The van der Waals surface area contributed by atoms with E-state index in [-0.39, 0.29) is 17.5 Å². The molecule has 1 atom stereocenters. The quantitative estimate of drug-likeness (QED) is 0.777. The molecule has 1 heterocycles. The molecule has 0 fully saturated rings. The minimum Gasteiger partial charge on any atom is -0.450 e. The lowest BCUT2D eigenvalue weighted by atomic mass is 10.1. The van der Waals surface area contributed by atoms with Crippen LogP contribution in [0.3, 0.4) is 0 Å². The number of rotatable bonds is 4. The van der Waals surface area contributed by atoms with Crippen LogP contribution in [-0.4, -0.2) is 27.2 Å². The summed E-state index contributed by atoms with van der Waals surface area (Å²) in [6.07, 6.45) is 0.0898. The van der Waals surface area contributed by atoms with Gasteiger partial charge in [0.1, 0.15) is 0 Å². The van der Waals surface area contributed by atoms with Gasteiger partial charge < -0.3 is 4.74 Å². The molecule has 138 valence electrons. The van der Waals surface area contributed by atoms with Crippen molar-refractivity contribution in [3.63, 3.8) is 0 Å². The molecule has 0 spiro atoms. The third-order valence-corrected chi connectivity index (χ3v) is 6.56. The van der Waals surface area contributed by atoms with Crippen LogP contribution in [0, 0.1) is 0 Å². The van der Waals surface area contributed by atoms with Gasteiger partial charge in [0, 0.05) is 16.2 Å². The van der Waals surface area contributed by atoms with Crippen molar-refractivity contribution in [2.75, 3.05) is 16.2 Å². The Morgan fingerprint density at radius 1 is 1.27 bits per heavy atom. The molecule has 2 aromatic carbocycles. The number of ether oxygens (including phenoxy) is 1. The van der Waals surface area contributed by atoms with Crippen LogP contribution < -0.4 is 9.62 Å². The van der Waals surface area contributed by atoms with Gasteiger partial charge in [-0.15, -0.1) is 0 Å². The molecular weight excluding hydrogens is 420 g/mol. The Morgan fingerprint density at radius 3 is 2.62 bits per heavy atom. The normalized spacial score (nSPS) is 16.3. The Kier molecular flexibility index (Phi) is 5.24. The SMILES string of the molecule is CCOC(=O)Nc1ccc(S(=O)(=O)N2c3ccc(Br)cc3C[C@@H]2C)cc1. The summed E-state index contributed by atoms with van der Waals surface area (Å²) in [7, 11) is -3.70. The predicted octanol–water partition coefficient (Wildman–Crippen LogP) is 4.16. The summed E-state index contributed by atoms with van der Waals surface area (Å²) >= 11 is 3.43. The van der Waals surface area contributed by atoms with E-state index in [0.29, 0.717) is 17.8 Å². The van der Waals surface area contributed by atoms with E-state index in [1.165, 1.54) is 16.4 Å². The van der Waals surface area contributed by atoms with E-state index in [1.807, 2.05) is 25.1 Å². The van der Waals surface area contributed by atoms with Crippen molar-refractivity contribution in [2.45, 2.75) is 31.2 Å². The maximum Gasteiger partial charge on any atom is 0.411 e. The van der Waals surface area contributed by atoms with Crippen molar-refractivity contribution in [3.8, 4) is 0 Å². The largest absolute Gasteiger partial charge is 0.450 e. The van der Waals surface area contributed by atoms with Gasteiger partial charge in [-0.2, -0.15) is 0 Å². The molecule has 1 N–H and O–H groups in total. The summed E-state index contributed by atoms with van der Waals surface area (Å²) in [6, 6.07) is 11.5. The molecule has 0 unspecified atom stereocenters. The van der Waals surface area contributed by atoms with Crippen molar-refractivity contribution in [3.05, 3.63) is 52.5 Å². The van der Waals surface area contributed by atoms with Crippen LogP contribution in [0.5, 0.6) is 0 Å². The van der Waals surface area contributed by atoms with Gasteiger partial charge in [-0.25, -0.2) is 13.2 Å². The maximum absolute atomic E-state index is 13.1. The zero-order valence-electron chi connectivity index (χ0n) is 14.4. The minimum atomic E-state index is -3.70. The molecule has 1 aliphatic rings. The second-order valence-electron chi connectivity index (χ2n) is 6.00. The molecule has 6 nitrogen and oxygen atoms in total. The van der Waals surface area contributed by atoms with Crippen LogP contribution in [0.4, 0.5) is 16.2 Å². The van der Waals surface area contributed by atoms with Gasteiger partial charge in [-0.05, 0) is 68.3 Å². The number of hydrogen-bond acceptors (Lipinski definition) is 4. The van der Waals surface area contributed by atoms with Crippen molar-refractivity contribution in [1.29, 1.82) is 0 Å². The van der Waals surface area contributed by atoms with E-state index >= 15 is 0 Å². The number of hydrogen-bond donors (Lipinski definition) is 1. The number of sulfonamides is 1. The Bertz CT molecular complexity index is 929. The van der Waals surface area contributed by atoms with Crippen molar-refractivity contribution in [1.82, 2.24) is 0 Å². The van der Waals surface area contributed by atoms with E-state index in [1.54, 1.807) is 19.1 Å². The zero-order chi connectivity index (χ0) is 18.9. The molecule has 2 aromatic rings. The van der Waals surface area contributed by atoms with Crippen LogP contribution in [0.25, 0.3) is 0 Å². The lowest BCUT2D eigenvalue weighted by Gasteiger charge is -2.24. The van der Waals surface area contributed by atoms with Crippen LogP contribution >= 0.6 is 15.9 Å². The fraction of sp³-hybridized carbons (Fsp3) is 0.278. The van der Waals surface area contributed by atoms with Crippen LogP contribution in [0.1, 0.15) is 19.4 Å². The molecule has 0 aromatic heterocycles. The van der Waals surface area contributed by atoms with Crippen molar-refractivity contribution >= 4 is 43.4 Å². The highest BCUT2D eigenvalue weighted by atomic mass is 79.9. The molecule has 0 radical (unpaired) electrons. The number of anilines is 2. The summed E-state index contributed by atoms with van der Waals surface area (Å²) in [4.78, 5) is 11.6. The average molecular weight is 439 g/mol. The van der Waals surface area contributed by atoms with Crippen molar-refractivity contribution in [2.24, 2.45) is 0 Å². The van der Waals surface area contributed by atoms with Gasteiger partial charge in [0.2, 0.25) is 0 Å². The van der Waals surface area contributed by atoms with Gasteiger partial charge in [0.15, 0.2) is 0 Å². The Balaban J connectivity index is 1.88. The topological polar surface area (TPSA) is 75.7 Å². The summed E-state index contributed by atoms with van der Waals surface area (Å²) in [5, 5.41) is 2.55. The smallest absolute Gasteiger partial charge is 0.411 e. The Labute approximate surface area is 161 Å². The van der Waals surface area contributed by atoms with Gasteiger partial charge >= 0.3 is 6.09 Å². The van der Waals surface area contributed by atoms with Gasteiger partial charge in [-0.3, -0.25) is 9.62 Å². The maximum atomic E-state index is 13.1. The van der Waals surface area contributed by atoms with Gasteiger partial charge in [0.05, 0.1) is 17.2 Å². The number of nitrogens with one attached hydrogen (secondary N) is 1. The molecule has 0 saturated carbocycles. The lowest BCUT2D eigenvalue weighted by molar-refractivity contribution is 0.168. The third-order valence-electron chi connectivity index (χ3n) is 4.13. The van der Waals surface area contributed by atoms with Gasteiger partial charge in [-0.1, -0.05) is 15.9 Å². The molecule has 26 heavy (non-hydrogen) atoms. The first-order valence-electron chi connectivity index (χ1n) is 8.19. The summed E-state index contributed by atoms with van der Waals surface area (Å²) in [5.41, 5.74) is 2.17. The first-order valence-corrected chi connectivity index (χ1v) is 10.4. The highest BCUT2D eigenvalue weighted by Crippen LogP contribution is 2.38. The zero-order valence-corrected chi connectivity index (χ0v) is 16.8. The number of nitrogens with zero attached hydrogens (tertiary/aromatic N) is 1. The lowest BCUT2D eigenvalue weighted by Crippen LogP contribution is -2.35. The molecule has 0 saturated heterocycles. The molecule has 8 heteroatoms. The van der Waals surface area contributed by atoms with E-state index in [4.69, 9.17) is 4.74 Å². The molecule has 0 bridgehead atoms. The van der Waals surface area contributed by atoms with Crippen LogP contribution in [0.15, 0.2) is 51.8 Å². The highest BCUT2D eigenvalue weighted by molar-refractivity contribution is 9.10. The Morgan fingerprint density at radius 2 is 1.96 bits per heavy atom. The number of amides is 1. The first kappa shape index (κ1) is 18.7. The van der Waals surface area contributed by atoms with Crippen molar-refractivity contribution < 1.29 is 17.9 Å². The number of halogens is 1. The number of fused-ring (bicyclic) bond motifs is 1. The molecule has 1 amide bonds. The monoisotopic (exact) mass is 438 g/mol. The van der Waals surface area contributed by atoms with E-state index < -0.39 is 16.1 Å². The average Bonchev–Trinajstić information content (AvgIpc) is 2.91. The van der Waals surface area contributed by atoms with Crippen LogP contribution in [-0.2, 0) is 21.2 Å². The van der Waals surface area contributed by atoms with Gasteiger partial charge in [0.25, 0.3) is 10.0 Å². The standard InChI is InChI=1S/C18H19BrN2O4S/c1-3-25-18(22)20-15-5-7-16(8-6-15)26(23,24)21-12(2)10-13-11-14(19)4-9-17(13)21/h4-9,11-12H,3,10H2,1-2H3,(H,20,22)/t12-/m0/s1. The fourth-order valence-electron chi connectivity index (χ4n) is 3.05. The number of carbonyl (C=O) groups is 1. The first-order chi connectivity index (χ1) is 12.3. The highest BCUT2D eigenvalue weighted by Gasteiger charge is 2.36. The summed E-state index contributed by atoms with van der Waals surface area (Å²) in [6.45, 7) is 3.87. The van der Waals surface area contributed by atoms with Crippen LogP contribution in [0.2, 0.25) is 0 Å². The minimum absolute atomic E-state index is 0.165. The second-order valence-corrected chi connectivity index (χ2v) is 8.73. The number of benzene rings is 2. The predicted molar refractivity (Wildman–Crippen MR) is 104 cm³/mol. The van der Waals surface area contributed by atoms with E-state index in [0.717, 1.165) is 10.0 Å². The van der Waals surface area contributed by atoms with E-state index in [2.05, 4.69) is 21.2 Å². The molecular formula is C18H19BrN2O4S. The third kappa shape index (κ3) is 3.57. The number of carbonyl (C=O) groups excluding carboxylic acids is 1. The summed E-state index contributed by atoms with van der Waals surface area (Å²) < 4.78 is 33.5. The molecule has 0 aliphatic carbocycles. The second kappa shape index (κ2) is 7.28. The summed E-state index contributed by atoms with van der Waals surface area (Å²) in [5.74, 6) is 0. The Hall–Kier alpha value is -2.06. The fourth-order valence-corrected chi connectivity index (χ4v) is 5.15.